The molecule has 69 heavy (non-hydrogen) atoms. The van der Waals surface area contributed by atoms with Gasteiger partial charge < -0.3 is 14.0 Å². The third kappa shape index (κ3) is 9.63. The van der Waals surface area contributed by atoms with Gasteiger partial charge in [-0.25, -0.2) is 0 Å². The van der Waals surface area contributed by atoms with E-state index in [0.29, 0.717) is 33.7 Å². The smallest absolute Gasteiger partial charge is 0.124 e. The number of furan rings is 1. The fraction of sp³-hybridized carbons (Fsp3) is 0.238. The normalized spacial score (nSPS) is 12.7. The van der Waals surface area contributed by atoms with E-state index >= 15 is 0 Å². The van der Waals surface area contributed by atoms with Crippen LogP contribution in [0.3, 0.4) is 0 Å². The molecule has 351 valence electrons. The molecule has 1 radical (unpaired) electrons. The van der Waals surface area contributed by atoms with Crippen LogP contribution >= 0.6 is 0 Å². The molecule has 0 spiro atoms. The Morgan fingerprint density at radius 1 is 0.667 bits per heavy atom. The summed E-state index contributed by atoms with van der Waals surface area (Å²) in [5, 5.41) is 1.58. The monoisotopic (exact) mass is 1090 g/mol. The van der Waals surface area contributed by atoms with Gasteiger partial charge in [0, 0.05) is 47.3 Å². The van der Waals surface area contributed by atoms with Crippen LogP contribution < -0.4 is 0 Å². The Labute approximate surface area is 425 Å². The zero-order valence-corrected chi connectivity index (χ0v) is 43.4. The van der Waals surface area contributed by atoms with E-state index in [2.05, 4.69) is 119 Å². The first-order valence-electron chi connectivity index (χ1n) is 25.1. The quantitative estimate of drug-likeness (QED) is 0.149. The summed E-state index contributed by atoms with van der Waals surface area (Å²) in [7, 11) is 0. The zero-order valence-electron chi connectivity index (χ0n) is 44.0. The number of rotatable bonds is 7. The van der Waals surface area contributed by atoms with Crippen molar-refractivity contribution in [2.45, 2.75) is 98.8 Å². The van der Waals surface area contributed by atoms with Gasteiger partial charge in [-0.05, 0) is 110 Å². The Balaban J connectivity index is 0.000000265. The van der Waals surface area contributed by atoms with Crippen molar-refractivity contribution in [2.24, 2.45) is 0 Å². The number of benzene rings is 7. The number of aromatic nitrogens is 3. The molecule has 10 aromatic rings. The van der Waals surface area contributed by atoms with Gasteiger partial charge in [-0.3, -0.25) is 9.37 Å². The minimum atomic E-state index is -2.41. The molecule has 0 amide bonds. The molecular weight excluding hydrogens is 1030 g/mol. The average Bonchev–Trinajstić information content (AvgIpc) is 3.92. The molecule has 0 fully saturated rings. The van der Waals surface area contributed by atoms with Crippen LogP contribution in [0.5, 0.6) is 0 Å². The average molecular weight is 1090 g/mol. The number of aryl methyl sites for hydroxylation is 1. The van der Waals surface area contributed by atoms with Crippen LogP contribution in [0.1, 0.15) is 113 Å². The molecule has 3 heterocycles. The van der Waals surface area contributed by atoms with E-state index in [9.17, 15) is 4.39 Å². The second-order valence-corrected chi connectivity index (χ2v) is 20.4. The number of halogens is 1. The topological polar surface area (TPSA) is 43.9 Å². The van der Waals surface area contributed by atoms with Crippen molar-refractivity contribution in [3.8, 4) is 50.6 Å². The zero-order chi connectivity index (χ0) is 50.6. The predicted octanol–water partition coefficient (Wildman–Crippen LogP) is 17.6. The van der Waals surface area contributed by atoms with E-state index in [4.69, 9.17) is 13.5 Å². The maximum Gasteiger partial charge on any atom is 0.124 e. The molecule has 7 aromatic carbocycles. The Bertz CT molecular complexity index is 3530. The maximum absolute atomic E-state index is 14.0. The van der Waals surface area contributed by atoms with Crippen molar-refractivity contribution in [1.29, 1.82) is 0 Å². The Morgan fingerprint density at radius 2 is 1.30 bits per heavy atom. The van der Waals surface area contributed by atoms with Crippen LogP contribution in [-0.2, 0) is 30.9 Å². The number of fused-ring (bicyclic) bond motifs is 4. The summed E-state index contributed by atoms with van der Waals surface area (Å²) in [6.45, 7) is 19.1. The minimum Gasteiger partial charge on any atom is -0.500 e. The first-order valence-corrected chi connectivity index (χ1v) is 23.6. The van der Waals surface area contributed by atoms with Crippen molar-refractivity contribution in [2.75, 3.05) is 0 Å². The van der Waals surface area contributed by atoms with Crippen LogP contribution in [0.2, 0.25) is 0 Å². The van der Waals surface area contributed by atoms with Crippen molar-refractivity contribution in [3.63, 3.8) is 0 Å². The molecular formula is C63H60FIrN3O-2. The first-order chi connectivity index (χ1) is 33.7. The number of imidazole rings is 1. The Hall–Kier alpha value is -6.46. The standard InChI is InChI=1S/C44H37N2O.C19H23FN.Ir/c1-27(2)37-25-32(30-15-8-6-9-16-30)26-38(28(3)4)41(37)46-40-22-13-12-21-39(40)45-44(46)36-20-14-19-34-35-24-23-33(31-17-10-7-11-18-31)29(5)42(35)47-43(34)36;1-18(2,3)14-9-10-21-17(12-14)13-7-8-16(20)15(11-13)19(4,5)6;/h6-19,21-28H,1-5H3;8-12H,1-6H3;/q2*-1;/i5D3;;. The summed E-state index contributed by atoms with van der Waals surface area (Å²) < 4.78 is 48.8. The second kappa shape index (κ2) is 19.5. The van der Waals surface area contributed by atoms with Gasteiger partial charge in [0.1, 0.15) is 5.58 Å². The molecule has 0 saturated heterocycles. The number of para-hydroxylation sites is 2. The van der Waals surface area contributed by atoms with Crippen molar-refractivity contribution >= 4 is 33.0 Å². The van der Waals surface area contributed by atoms with Crippen molar-refractivity contribution < 1.29 is 33.0 Å². The van der Waals surface area contributed by atoms with Gasteiger partial charge in [0.15, 0.2) is 0 Å². The van der Waals surface area contributed by atoms with E-state index in [-0.39, 0.29) is 54.2 Å². The molecule has 3 aromatic heterocycles. The number of hydrogen-bond acceptors (Lipinski definition) is 3. The van der Waals surface area contributed by atoms with Gasteiger partial charge in [0.05, 0.1) is 22.4 Å². The van der Waals surface area contributed by atoms with Crippen LogP contribution in [-0.4, -0.2) is 14.5 Å². The fourth-order valence-electron chi connectivity index (χ4n) is 9.11. The molecule has 4 nitrogen and oxygen atoms in total. The van der Waals surface area contributed by atoms with E-state index < -0.39 is 6.85 Å². The summed E-state index contributed by atoms with van der Waals surface area (Å²) >= 11 is 0. The van der Waals surface area contributed by atoms with Crippen LogP contribution in [0.25, 0.3) is 83.6 Å². The van der Waals surface area contributed by atoms with Crippen molar-refractivity contribution in [3.05, 3.63) is 198 Å². The summed E-state index contributed by atoms with van der Waals surface area (Å²) in [6, 6.07) is 54.6. The number of nitrogens with zero attached hydrogens (tertiary/aromatic N) is 3. The first kappa shape index (κ1) is 45.0. The molecule has 0 unspecified atom stereocenters. The Morgan fingerprint density at radius 3 is 1.94 bits per heavy atom. The van der Waals surface area contributed by atoms with Gasteiger partial charge >= 0.3 is 0 Å². The third-order valence-electron chi connectivity index (χ3n) is 12.8. The van der Waals surface area contributed by atoms with Gasteiger partial charge in [0.25, 0.3) is 0 Å². The SMILES string of the molecule is CC(C)(C)c1ccnc(-c2[c-]cc(F)c(C(C)(C)C)c2)c1.[2H]C([2H])([2H])c1c(-c2ccccc2)ccc2c1oc1c(-c3nc4ccccc4n3-c3c(C(C)C)cc(-c4ccccc4)cc3C(C)C)[c-]ccc12.[Ir]. The molecule has 0 bridgehead atoms. The maximum atomic E-state index is 14.0. The molecule has 0 saturated carbocycles. The molecule has 0 aliphatic heterocycles. The minimum absolute atomic E-state index is 0. The number of pyridine rings is 1. The molecule has 6 heteroatoms. The second-order valence-electron chi connectivity index (χ2n) is 20.4. The van der Waals surface area contributed by atoms with Gasteiger partial charge in [-0.1, -0.05) is 177 Å². The van der Waals surface area contributed by atoms with E-state index in [1.807, 2.05) is 118 Å². The van der Waals surface area contributed by atoms with Gasteiger partial charge in [-0.15, -0.1) is 42.0 Å². The summed E-state index contributed by atoms with van der Waals surface area (Å²) in [6.07, 6.45) is 1.81. The molecule has 0 N–H and O–H groups in total. The van der Waals surface area contributed by atoms with Crippen LogP contribution in [0, 0.1) is 24.8 Å². The van der Waals surface area contributed by atoms with E-state index in [1.54, 1.807) is 0 Å². The third-order valence-corrected chi connectivity index (χ3v) is 12.8. The van der Waals surface area contributed by atoms with Crippen molar-refractivity contribution in [1.82, 2.24) is 14.5 Å². The number of hydrogen-bond donors (Lipinski definition) is 0. The van der Waals surface area contributed by atoms with E-state index in [1.165, 1.54) is 33.9 Å². The van der Waals surface area contributed by atoms with Crippen LogP contribution in [0.4, 0.5) is 4.39 Å². The fourth-order valence-corrected chi connectivity index (χ4v) is 9.11. The summed E-state index contributed by atoms with van der Waals surface area (Å²) in [5.74, 6) is 0.915. The predicted molar refractivity (Wildman–Crippen MR) is 282 cm³/mol. The van der Waals surface area contributed by atoms with Crippen LogP contribution in [0.15, 0.2) is 156 Å². The van der Waals surface area contributed by atoms with E-state index in [0.717, 1.165) is 44.3 Å². The summed E-state index contributed by atoms with van der Waals surface area (Å²) in [5.41, 5.74) is 14.4. The molecule has 10 rings (SSSR count). The van der Waals surface area contributed by atoms with Gasteiger partial charge in [-0.2, -0.15) is 0 Å². The molecule has 0 aliphatic carbocycles. The Kier molecular flexibility index (Phi) is 12.7. The van der Waals surface area contributed by atoms with Gasteiger partial charge in [0.2, 0.25) is 0 Å². The molecule has 0 atom stereocenters. The summed E-state index contributed by atoms with van der Waals surface area (Å²) in [4.78, 5) is 9.68. The molecule has 0 aliphatic rings. The largest absolute Gasteiger partial charge is 0.500 e.